The molecular weight excluding hydrogens is 392 g/mol. The predicted octanol–water partition coefficient (Wildman–Crippen LogP) is 1.14. The van der Waals surface area contributed by atoms with Crippen molar-refractivity contribution in [1.29, 1.82) is 0 Å². The van der Waals surface area contributed by atoms with Crippen LogP contribution in [-0.4, -0.2) is 93.8 Å². The first kappa shape index (κ1) is 25.1. The highest BCUT2D eigenvalue weighted by Crippen LogP contribution is 2.15. The molecule has 1 amide bonds. The number of hydrogen-bond acceptors (Lipinski definition) is 5. The van der Waals surface area contributed by atoms with Crippen molar-refractivity contribution in [2.24, 2.45) is 4.99 Å². The number of nitrogens with zero attached hydrogens (tertiary/aromatic N) is 3. The number of benzene rings is 1. The average Bonchev–Trinajstić information content (AvgIpc) is 2.76. The van der Waals surface area contributed by atoms with Gasteiger partial charge in [-0.3, -0.25) is 9.69 Å². The summed E-state index contributed by atoms with van der Waals surface area (Å²) in [5.41, 5.74) is 1.67. The summed E-state index contributed by atoms with van der Waals surface area (Å²) >= 11 is 0. The summed E-state index contributed by atoms with van der Waals surface area (Å²) in [6.45, 7) is 13.5. The maximum atomic E-state index is 12.4. The van der Waals surface area contributed by atoms with Crippen LogP contribution in [-0.2, 0) is 11.3 Å². The zero-order valence-corrected chi connectivity index (χ0v) is 19.8. The van der Waals surface area contributed by atoms with Crippen LogP contribution in [0.25, 0.3) is 0 Å². The molecule has 1 aromatic carbocycles. The maximum Gasteiger partial charge on any atom is 0.251 e. The van der Waals surface area contributed by atoms with Crippen LogP contribution in [0.1, 0.15) is 36.7 Å². The van der Waals surface area contributed by atoms with Gasteiger partial charge in [0.1, 0.15) is 0 Å². The lowest BCUT2D eigenvalue weighted by Crippen LogP contribution is -2.56. The molecule has 1 heterocycles. The molecule has 8 nitrogen and oxygen atoms in total. The van der Waals surface area contributed by atoms with Gasteiger partial charge in [-0.1, -0.05) is 12.1 Å². The van der Waals surface area contributed by atoms with Gasteiger partial charge < -0.3 is 25.6 Å². The van der Waals surface area contributed by atoms with Crippen LogP contribution in [0.4, 0.5) is 0 Å². The summed E-state index contributed by atoms with van der Waals surface area (Å²) in [5.74, 6) is 0.731. The van der Waals surface area contributed by atoms with E-state index in [2.05, 4.69) is 41.6 Å². The monoisotopic (exact) mass is 432 g/mol. The van der Waals surface area contributed by atoms with Crippen LogP contribution >= 0.6 is 0 Å². The summed E-state index contributed by atoms with van der Waals surface area (Å²) in [7, 11) is 3.98. The number of aliphatic imine (C=N–C) groups is 1. The van der Waals surface area contributed by atoms with Crippen LogP contribution in [0.15, 0.2) is 29.3 Å². The summed E-state index contributed by atoms with van der Waals surface area (Å²) in [6.07, 6.45) is 0. The number of nitrogens with one attached hydrogen (secondary N) is 3. The van der Waals surface area contributed by atoms with Crippen molar-refractivity contribution in [2.75, 3.05) is 66.6 Å². The van der Waals surface area contributed by atoms with E-state index in [0.29, 0.717) is 18.7 Å². The van der Waals surface area contributed by atoms with E-state index in [1.54, 1.807) is 0 Å². The Kier molecular flexibility index (Phi) is 10.2. The molecule has 1 fully saturated rings. The van der Waals surface area contributed by atoms with E-state index in [1.807, 2.05) is 43.3 Å². The Morgan fingerprint density at radius 2 is 1.94 bits per heavy atom. The average molecular weight is 433 g/mol. The van der Waals surface area contributed by atoms with E-state index in [4.69, 9.17) is 9.73 Å². The lowest BCUT2D eigenvalue weighted by Gasteiger charge is -2.41. The number of guanidine groups is 1. The first-order chi connectivity index (χ1) is 14.8. The van der Waals surface area contributed by atoms with Crippen LogP contribution in [0.2, 0.25) is 0 Å². The summed E-state index contributed by atoms with van der Waals surface area (Å²) in [5, 5.41) is 9.75. The standard InChI is InChI=1S/C23H40N6O2/c1-6-24-22(27-18-23(2,3)29-12-14-31-15-13-29)26-17-19-8-7-9-20(16-19)21(30)25-10-11-28(4)5/h7-9,16H,6,10-15,17-18H2,1-5H3,(H,25,30)(H2,24,26,27). The first-order valence-corrected chi connectivity index (χ1v) is 11.2. The molecular formula is C23H40N6O2. The number of morpholine rings is 1. The van der Waals surface area contributed by atoms with Crippen molar-refractivity contribution < 1.29 is 9.53 Å². The fourth-order valence-corrected chi connectivity index (χ4v) is 3.40. The van der Waals surface area contributed by atoms with Gasteiger partial charge in [0, 0.05) is 50.4 Å². The molecule has 174 valence electrons. The Morgan fingerprint density at radius 1 is 1.19 bits per heavy atom. The van der Waals surface area contributed by atoms with Gasteiger partial charge in [0.2, 0.25) is 0 Å². The van der Waals surface area contributed by atoms with Gasteiger partial charge in [0.15, 0.2) is 5.96 Å². The molecule has 0 bridgehead atoms. The highest BCUT2D eigenvalue weighted by atomic mass is 16.5. The highest BCUT2D eigenvalue weighted by Gasteiger charge is 2.28. The minimum Gasteiger partial charge on any atom is -0.379 e. The molecule has 0 saturated carbocycles. The third-order valence-corrected chi connectivity index (χ3v) is 5.35. The zero-order valence-electron chi connectivity index (χ0n) is 19.8. The highest BCUT2D eigenvalue weighted by molar-refractivity contribution is 5.94. The topological polar surface area (TPSA) is 81.2 Å². The number of likely N-dealkylation sites (N-methyl/N-ethyl adjacent to an activating group) is 1. The number of rotatable bonds is 10. The molecule has 0 radical (unpaired) electrons. The normalized spacial score (nSPS) is 15.7. The van der Waals surface area contributed by atoms with Crippen molar-refractivity contribution in [1.82, 2.24) is 25.8 Å². The lowest BCUT2D eigenvalue weighted by atomic mass is 10.0. The summed E-state index contributed by atoms with van der Waals surface area (Å²) in [6, 6.07) is 7.66. The second-order valence-corrected chi connectivity index (χ2v) is 8.72. The molecule has 0 aliphatic carbocycles. The van der Waals surface area contributed by atoms with E-state index in [9.17, 15) is 4.79 Å². The van der Waals surface area contributed by atoms with Crippen LogP contribution in [0.3, 0.4) is 0 Å². The Morgan fingerprint density at radius 3 is 2.61 bits per heavy atom. The van der Waals surface area contributed by atoms with Gasteiger partial charge in [-0.25, -0.2) is 4.99 Å². The lowest BCUT2D eigenvalue weighted by molar-refractivity contribution is -0.00834. The molecule has 1 aromatic rings. The Balaban J connectivity index is 1.94. The second-order valence-electron chi connectivity index (χ2n) is 8.72. The molecule has 31 heavy (non-hydrogen) atoms. The minimum absolute atomic E-state index is 0.00450. The van der Waals surface area contributed by atoms with Crippen molar-refractivity contribution in [3.05, 3.63) is 35.4 Å². The summed E-state index contributed by atoms with van der Waals surface area (Å²) in [4.78, 5) is 21.6. The van der Waals surface area contributed by atoms with Crippen LogP contribution in [0, 0.1) is 0 Å². The fourth-order valence-electron chi connectivity index (χ4n) is 3.40. The van der Waals surface area contributed by atoms with Gasteiger partial charge in [0.25, 0.3) is 5.91 Å². The molecule has 1 saturated heterocycles. The minimum atomic E-state index is -0.0510. The number of carbonyl (C=O) groups excluding carboxylic acids is 1. The van der Waals surface area contributed by atoms with Gasteiger partial charge in [0.05, 0.1) is 19.8 Å². The third-order valence-electron chi connectivity index (χ3n) is 5.35. The Hall–Kier alpha value is -2.16. The van der Waals surface area contributed by atoms with Gasteiger partial charge in [-0.15, -0.1) is 0 Å². The molecule has 8 heteroatoms. The van der Waals surface area contributed by atoms with Crippen LogP contribution in [0.5, 0.6) is 0 Å². The molecule has 1 aliphatic heterocycles. The van der Waals surface area contributed by atoms with Crippen molar-refractivity contribution in [3.8, 4) is 0 Å². The maximum absolute atomic E-state index is 12.4. The van der Waals surface area contributed by atoms with Gasteiger partial charge >= 0.3 is 0 Å². The number of ether oxygens (including phenoxy) is 1. The van der Waals surface area contributed by atoms with Crippen molar-refractivity contribution >= 4 is 11.9 Å². The van der Waals surface area contributed by atoms with Gasteiger partial charge in [-0.05, 0) is 52.6 Å². The fraction of sp³-hybridized carbons (Fsp3) is 0.652. The summed E-state index contributed by atoms with van der Waals surface area (Å²) < 4.78 is 5.48. The molecule has 0 unspecified atom stereocenters. The van der Waals surface area contributed by atoms with Crippen molar-refractivity contribution in [2.45, 2.75) is 32.9 Å². The molecule has 2 rings (SSSR count). The van der Waals surface area contributed by atoms with Crippen LogP contribution < -0.4 is 16.0 Å². The molecule has 0 atom stereocenters. The second kappa shape index (κ2) is 12.6. The van der Waals surface area contributed by atoms with E-state index in [0.717, 1.165) is 57.5 Å². The molecule has 3 N–H and O–H groups in total. The third kappa shape index (κ3) is 8.85. The number of hydrogen-bond donors (Lipinski definition) is 3. The van der Waals surface area contributed by atoms with E-state index in [-0.39, 0.29) is 11.4 Å². The largest absolute Gasteiger partial charge is 0.379 e. The first-order valence-electron chi connectivity index (χ1n) is 11.2. The Labute approximate surface area is 187 Å². The van der Waals surface area contributed by atoms with Crippen molar-refractivity contribution in [3.63, 3.8) is 0 Å². The predicted molar refractivity (Wildman–Crippen MR) is 127 cm³/mol. The smallest absolute Gasteiger partial charge is 0.251 e. The number of carbonyl (C=O) groups is 1. The van der Waals surface area contributed by atoms with E-state index in [1.165, 1.54) is 0 Å². The Bertz CT molecular complexity index is 714. The number of amides is 1. The molecule has 0 aromatic heterocycles. The van der Waals surface area contributed by atoms with E-state index < -0.39 is 0 Å². The zero-order chi connectivity index (χ0) is 22.7. The quantitative estimate of drug-likeness (QED) is 0.380. The SMILES string of the molecule is CCNC(=NCc1cccc(C(=O)NCCN(C)C)c1)NCC(C)(C)N1CCOCC1. The molecule has 0 spiro atoms. The molecule has 1 aliphatic rings. The van der Waals surface area contributed by atoms with Gasteiger partial charge in [-0.2, -0.15) is 0 Å². The van der Waals surface area contributed by atoms with E-state index >= 15 is 0 Å².